The Kier molecular flexibility index (Phi) is 1.38. The van der Waals surface area contributed by atoms with Crippen LogP contribution in [0.4, 0.5) is 0 Å². The summed E-state index contributed by atoms with van der Waals surface area (Å²) < 4.78 is 0. The van der Waals surface area contributed by atoms with Gasteiger partial charge in [0.2, 0.25) is 0 Å². The van der Waals surface area contributed by atoms with E-state index in [1.807, 2.05) is 0 Å². The van der Waals surface area contributed by atoms with Crippen LogP contribution in [0.2, 0.25) is 0 Å². The highest BCUT2D eigenvalue weighted by molar-refractivity contribution is 5.58. The quantitative estimate of drug-likeness (QED) is 0.432. The summed E-state index contributed by atoms with van der Waals surface area (Å²) in [5.41, 5.74) is 6.27. The van der Waals surface area contributed by atoms with Crippen molar-refractivity contribution in [2.45, 2.75) is 0 Å². The first-order chi connectivity index (χ1) is 4.33. The molecule has 0 aromatic carbocycles. The highest BCUT2D eigenvalue weighted by atomic mass is 16.1. The maximum atomic E-state index is 9.95. The van der Waals surface area contributed by atoms with E-state index in [2.05, 4.69) is 5.32 Å². The van der Waals surface area contributed by atoms with Crippen LogP contribution in [0.5, 0.6) is 0 Å². The molecule has 0 aliphatic carbocycles. The van der Waals surface area contributed by atoms with Gasteiger partial charge in [0.05, 0.1) is 0 Å². The minimum atomic E-state index is 0.370. The van der Waals surface area contributed by atoms with Crippen LogP contribution in [0.15, 0.2) is 29.7 Å². The number of nitrogens with two attached hydrogens (primary N) is 1. The van der Waals surface area contributed by atoms with E-state index in [9.17, 15) is 4.79 Å². The van der Waals surface area contributed by atoms with Crippen molar-refractivity contribution in [1.82, 2.24) is 5.32 Å². The number of allylic oxidation sites excluding steroid dienone is 2. The van der Waals surface area contributed by atoms with Gasteiger partial charge >= 0.3 is 0 Å². The SMILES string of the molecule is NC1=CC(=C=O)NC=C1. The lowest BCUT2D eigenvalue weighted by Crippen LogP contribution is -2.10. The molecule has 3 N–H and O–H groups in total. The van der Waals surface area contributed by atoms with Crippen molar-refractivity contribution in [1.29, 1.82) is 0 Å². The van der Waals surface area contributed by atoms with Crippen LogP contribution in [-0.2, 0) is 4.79 Å². The van der Waals surface area contributed by atoms with Crippen LogP contribution >= 0.6 is 0 Å². The first-order valence-corrected chi connectivity index (χ1v) is 2.48. The van der Waals surface area contributed by atoms with Crippen molar-refractivity contribution >= 4 is 5.94 Å². The summed E-state index contributed by atoms with van der Waals surface area (Å²) in [6.45, 7) is 0. The molecule has 1 heterocycles. The van der Waals surface area contributed by atoms with E-state index < -0.39 is 0 Å². The molecule has 0 radical (unpaired) electrons. The van der Waals surface area contributed by atoms with Crippen LogP contribution < -0.4 is 11.1 Å². The molecular weight excluding hydrogens is 116 g/mol. The molecule has 0 spiro atoms. The predicted octanol–water partition coefficient (Wildman–Crippen LogP) is -0.339. The molecule has 1 aliphatic heterocycles. The van der Waals surface area contributed by atoms with E-state index in [-0.39, 0.29) is 0 Å². The van der Waals surface area contributed by atoms with Gasteiger partial charge in [-0.1, -0.05) is 0 Å². The first kappa shape index (κ1) is 5.66. The number of nitrogens with one attached hydrogen (secondary N) is 1. The second kappa shape index (κ2) is 2.20. The Labute approximate surface area is 52.5 Å². The van der Waals surface area contributed by atoms with Gasteiger partial charge in [0.1, 0.15) is 5.70 Å². The summed E-state index contributed by atoms with van der Waals surface area (Å²) in [5.74, 6) is 1.68. The molecule has 0 saturated carbocycles. The standard InChI is InChI=1S/C6H6N2O/c7-5-1-2-8-6(3-5)4-9/h1-3,8H,7H2. The summed E-state index contributed by atoms with van der Waals surface area (Å²) >= 11 is 0. The van der Waals surface area contributed by atoms with Gasteiger partial charge < -0.3 is 11.1 Å². The maximum absolute atomic E-state index is 9.95. The minimum absolute atomic E-state index is 0.370. The maximum Gasteiger partial charge on any atom is 0.150 e. The summed E-state index contributed by atoms with van der Waals surface area (Å²) in [5, 5.41) is 2.66. The zero-order valence-electron chi connectivity index (χ0n) is 4.72. The first-order valence-electron chi connectivity index (χ1n) is 2.48. The van der Waals surface area contributed by atoms with Crippen LogP contribution in [0.3, 0.4) is 0 Å². The summed E-state index contributed by atoms with van der Waals surface area (Å²) in [4.78, 5) is 9.95. The molecule has 1 aliphatic rings. The molecular formula is C6H6N2O. The molecule has 0 fully saturated rings. The third-order valence-corrected chi connectivity index (χ3v) is 0.936. The second-order valence-corrected chi connectivity index (χ2v) is 1.64. The van der Waals surface area contributed by atoms with Crippen molar-refractivity contribution in [2.75, 3.05) is 0 Å². The van der Waals surface area contributed by atoms with E-state index in [1.165, 1.54) is 6.08 Å². The van der Waals surface area contributed by atoms with Crippen molar-refractivity contribution in [3.05, 3.63) is 29.7 Å². The number of rotatable bonds is 0. The fourth-order valence-corrected chi connectivity index (χ4v) is 0.543. The summed E-state index contributed by atoms with van der Waals surface area (Å²) in [6, 6.07) is 0. The summed E-state index contributed by atoms with van der Waals surface area (Å²) in [7, 11) is 0. The Morgan fingerprint density at radius 3 is 2.89 bits per heavy atom. The van der Waals surface area contributed by atoms with Gasteiger partial charge in [-0.25, -0.2) is 4.79 Å². The van der Waals surface area contributed by atoms with Gasteiger partial charge in [-0.3, -0.25) is 0 Å². The Bertz CT molecular complexity index is 221. The predicted molar refractivity (Wildman–Crippen MR) is 33.8 cm³/mol. The van der Waals surface area contributed by atoms with Crippen molar-refractivity contribution in [3.8, 4) is 0 Å². The van der Waals surface area contributed by atoms with Gasteiger partial charge in [-0.05, 0) is 12.2 Å². The third-order valence-electron chi connectivity index (χ3n) is 0.936. The van der Waals surface area contributed by atoms with Crippen LogP contribution in [0, 0.1) is 0 Å². The molecule has 3 nitrogen and oxygen atoms in total. The molecule has 46 valence electrons. The third kappa shape index (κ3) is 1.21. The Morgan fingerprint density at radius 2 is 2.44 bits per heavy atom. The minimum Gasteiger partial charge on any atom is -0.399 e. The molecule has 0 unspecified atom stereocenters. The van der Waals surface area contributed by atoms with Crippen LogP contribution in [0.25, 0.3) is 0 Å². The highest BCUT2D eigenvalue weighted by Crippen LogP contribution is 1.97. The molecule has 0 saturated heterocycles. The molecule has 0 aromatic rings. The number of hydrogen-bond acceptors (Lipinski definition) is 3. The van der Waals surface area contributed by atoms with E-state index in [1.54, 1.807) is 18.2 Å². The normalized spacial score (nSPS) is 16.0. The van der Waals surface area contributed by atoms with Crippen molar-refractivity contribution < 1.29 is 4.79 Å². The zero-order valence-corrected chi connectivity index (χ0v) is 4.72. The van der Waals surface area contributed by atoms with Crippen molar-refractivity contribution in [2.24, 2.45) is 5.73 Å². The fraction of sp³-hybridized carbons (Fsp3) is 0. The topological polar surface area (TPSA) is 55.1 Å². The van der Waals surface area contributed by atoms with Gasteiger partial charge in [-0.2, -0.15) is 0 Å². The Hall–Kier alpha value is -1.47. The number of carbonyl (C=O) groups excluding carboxylic acids is 1. The van der Waals surface area contributed by atoms with Gasteiger partial charge in [-0.15, -0.1) is 0 Å². The molecule has 9 heavy (non-hydrogen) atoms. The van der Waals surface area contributed by atoms with Gasteiger partial charge in [0.15, 0.2) is 5.94 Å². The lowest BCUT2D eigenvalue weighted by molar-refractivity contribution is 0.566. The second-order valence-electron chi connectivity index (χ2n) is 1.64. The monoisotopic (exact) mass is 122 g/mol. The number of hydrogen-bond donors (Lipinski definition) is 2. The van der Waals surface area contributed by atoms with E-state index >= 15 is 0 Å². The smallest absolute Gasteiger partial charge is 0.150 e. The molecule has 0 amide bonds. The van der Waals surface area contributed by atoms with Crippen molar-refractivity contribution in [3.63, 3.8) is 0 Å². The molecule has 3 heteroatoms. The average Bonchev–Trinajstić information content (AvgIpc) is 1.88. The summed E-state index contributed by atoms with van der Waals surface area (Å²) in [6.07, 6.45) is 4.78. The molecule has 0 atom stereocenters. The number of dihydropyridines is 1. The van der Waals surface area contributed by atoms with Gasteiger partial charge in [0.25, 0.3) is 0 Å². The lowest BCUT2D eigenvalue weighted by atomic mass is 10.3. The highest BCUT2D eigenvalue weighted by Gasteiger charge is 1.95. The Morgan fingerprint density at radius 1 is 1.67 bits per heavy atom. The Balaban J connectivity index is 2.90. The van der Waals surface area contributed by atoms with Crippen LogP contribution in [-0.4, -0.2) is 5.94 Å². The largest absolute Gasteiger partial charge is 0.399 e. The van der Waals surface area contributed by atoms with E-state index in [4.69, 9.17) is 5.73 Å². The molecule has 0 bridgehead atoms. The molecule has 0 aromatic heterocycles. The zero-order chi connectivity index (χ0) is 6.69. The molecule has 1 rings (SSSR count). The lowest BCUT2D eigenvalue weighted by Gasteiger charge is -2.02. The van der Waals surface area contributed by atoms with Gasteiger partial charge in [0, 0.05) is 11.9 Å². The van der Waals surface area contributed by atoms with Crippen LogP contribution in [0.1, 0.15) is 0 Å². The van der Waals surface area contributed by atoms with E-state index in [0.717, 1.165) is 0 Å². The van der Waals surface area contributed by atoms with E-state index in [0.29, 0.717) is 11.4 Å². The fourth-order valence-electron chi connectivity index (χ4n) is 0.543. The average molecular weight is 122 g/mol.